The summed E-state index contributed by atoms with van der Waals surface area (Å²) in [6.07, 6.45) is 7.42. The Balaban J connectivity index is 2.61. The van der Waals surface area contributed by atoms with E-state index in [1.54, 1.807) is 11.1 Å². The van der Waals surface area contributed by atoms with E-state index in [1.165, 1.54) is 12.8 Å². The standard InChI is InChI=1S/C15H24/c1-13(2)9-10-15(5,6)12-11(13)7-8-14(12,3)4/h7-8H,9-10H2,1-6H3. The normalized spacial score (nSPS) is 30.5. The fraction of sp³-hybridized carbons (Fsp3) is 0.733. The van der Waals surface area contributed by atoms with Crippen molar-refractivity contribution in [1.29, 1.82) is 0 Å². The minimum atomic E-state index is 0.274. The summed E-state index contributed by atoms with van der Waals surface area (Å²) in [6, 6.07) is 0. The predicted molar refractivity (Wildman–Crippen MR) is 66.7 cm³/mol. The minimum Gasteiger partial charge on any atom is -0.0745 e. The first kappa shape index (κ1) is 11.0. The van der Waals surface area contributed by atoms with Crippen LogP contribution in [0.3, 0.4) is 0 Å². The largest absolute Gasteiger partial charge is 0.0745 e. The second-order valence-electron chi connectivity index (χ2n) is 7.11. The lowest BCUT2D eigenvalue weighted by Crippen LogP contribution is -2.33. The van der Waals surface area contributed by atoms with Gasteiger partial charge in [-0.3, -0.25) is 0 Å². The third-order valence-electron chi connectivity index (χ3n) is 4.36. The third-order valence-corrected chi connectivity index (χ3v) is 4.36. The van der Waals surface area contributed by atoms with E-state index < -0.39 is 0 Å². The molecule has 0 aromatic carbocycles. The zero-order valence-electron chi connectivity index (χ0n) is 11.1. The molecule has 0 bridgehead atoms. The van der Waals surface area contributed by atoms with E-state index in [1.807, 2.05) is 0 Å². The molecule has 0 radical (unpaired) electrons. The van der Waals surface area contributed by atoms with Crippen LogP contribution in [0, 0.1) is 16.2 Å². The average Bonchev–Trinajstić information content (AvgIpc) is 2.38. The first-order valence-corrected chi connectivity index (χ1v) is 6.12. The summed E-state index contributed by atoms with van der Waals surface area (Å²) >= 11 is 0. The van der Waals surface area contributed by atoms with Gasteiger partial charge in [-0.1, -0.05) is 59.3 Å². The van der Waals surface area contributed by atoms with Gasteiger partial charge < -0.3 is 0 Å². The van der Waals surface area contributed by atoms with Crippen LogP contribution < -0.4 is 0 Å². The highest BCUT2D eigenvalue weighted by molar-refractivity contribution is 5.48. The van der Waals surface area contributed by atoms with Gasteiger partial charge in [0, 0.05) is 5.41 Å². The van der Waals surface area contributed by atoms with Gasteiger partial charge in [0.05, 0.1) is 0 Å². The van der Waals surface area contributed by atoms with Crippen LogP contribution in [0.5, 0.6) is 0 Å². The lowest BCUT2D eigenvalue weighted by atomic mass is 9.59. The highest BCUT2D eigenvalue weighted by Gasteiger charge is 2.45. The van der Waals surface area contributed by atoms with Crippen molar-refractivity contribution in [3.05, 3.63) is 23.3 Å². The van der Waals surface area contributed by atoms with Crippen molar-refractivity contribution in [2.45, 2.75) is 54.4 Å². The van der Waals surface area contributed by atoms with Gasteiger partial charge in [-0.25, -0.2) is 0 Å². The van der Waals surface area contributed by atoms with Gasteiger partial charge in [-0.2, -0.15) is 0 Å². The maximum atomic E-state index is 2.41. The van der Waals surface area contributed by atoms with Crippen LogP contribution in [0.1, 0.15) is 54.4 Å². The van der Waals surface area contributed by atoms with Gasteiger partial charge in [-0.15, -0.1) is 0 Å². The topological polar surface area (TPSA) is 0 Å². The van der Waals surface area contributed by atoms with Crippen LogP contribution in [-0.4, -0.2) is 0 Å². The molecule has 0 saturated carbocycles. The number of hydrogen-bond donors (Lipinski definition) is 0. The molecule has 0 aromatic heterocycles. The van der Waals surface area contributed by atoms with Gasteiger partial charge >= 0.3 is 0 Å². The molecular formula is C15H24. The molecule has 0 aliphatic heterocycles. The second-order valence-corrected chi connectivity index (χ2v) is 7.11. The Morgan fingerprint density at radius 3 is 1.93 bits per heavy atom. The molecule has 0 nitrogen and oxygen atoms in total. The van der Waals surface area contributed by atoms with E-state index in [4.69, 9.17) is 0 Å². The summed E-state index contributed by atoms with van der Waals surface area (Å²) in [5.41, 5.74) is 4.35. The molecule has 0 unspecified atom stereocenters. The fourth-order valence-corrected chi connectivity index (χ4v) is 3.49. The average molecular weight is 204 g/mol. The van der Waals surface area contributed by atoms with Crippen LogP contribution in [0.4, 0.5) is 0 Å². The molecule has 2 aliphatic carbocycles. The van der Waals surface area contributed by atoms with Crippen molar-refractivity contribution in [2.75, 3.05) is 0 Å². The van der Waals surface area contributed by atoms with Crippen molar-refractivity contribution < 1.29 is 0 Å². The van der Waals surface area contributed by atoms with Gasteiger partial charge in [-0.05, 0) is 29.2 Å². The molecule has 0 N–H and O–H groups in total. The van der Waals surface area contributed by atoms with E-state index in [0.717, 1.165) is 0 Å². The summed E-state index contributed by atoms with van der Waals surface area (Å²) in [6.45, 7) is 14.3. The van der Waals surface area contributed by atoms with Crippen LogP contribution in [0.15, 0.2) is 23.3 Å². The zero-order valence-corrected chi connectivity index (χ0v) is 11.1. The Bertz CT molecular complexity index is 348. The maximum Gasteiger partial charge on any atom is 0.00488 e. The SMILES string of the molecule is CC1(C)C=CC2=C1C(C)(C)CCC2(C)C. The highest BCUT2D eigenvalue weighted by Crippen LogP contribution is 2.58. The van der Waals surface area contributed by atoms with Crippen LogP contribution >= 0.6 is 0 Å². The Labute approximate surface area is 94.5 Å². The fourth-order valence-electron chi connectivity index (χ4n) is 3.49. The van der Waals surface area contributed by atoms with E-state index >= 15 is 0 Å². The molecular weight excluding hydrogens is 180 g/mol. The first-order valence-electron chi connectivity index (χ1n) is 6.12. The summed E-state index contributed by atoms with van der Waals surface area (Å²) in [4.78, 5) is 0. The van der Waals surface area contributed by atoms with Crippen molar-refractivity contribution in [3.8, 4) is 0 Å². The summed E-state index contributed by atoms with van der Waals surface area (Å²) < 4.78 is 0. The third kappa shape index (κ3) is 1.49. The molecule has 2 aliphatic rings. The second kappa shape index (κ2) is 2.78. The lowest BCUT2D eigenvalue weighted by molar-refractivity contribution is 0.240. The first-order chi connectivity index (χ1) is 6.67. The van der Waals surface area contributed by atoms with Gasteiger partial charge in [0.25, 0.3) is 0 Å². The molecule has 15 heavy (non-hydrogen) atoms. The van der Waals surface area contributed by atoms with Crippen molar-refractivity contribution in [1.82, 2.24) is 0 Å². The molecule has 0 saturated heterocycles. The monoisotopic (exact) mass is 204 g/mol. The molecule has 84 valence electrons. The molecule has 0 aromatic rings. The Kier molecular flexibility index (Phi) is 2.04. The van der Waals surface area contributed by atoms with Gasteiger partial charge in [0.2, 0.25) is 0 Å². The van der Waals surface area contributed by atoms with Crippen LogP contribution in [0.2, 0.25) is 0 Å². The van der Waals surface area contributed by atoms with Crippen LogP contribution in [-0.2, 0) is 0 Å². The zero-order chi connectivity index (χ0) is 11.5. The lowest BCUT2D eigenvalue weighted by Gasteiger charge is -2.45. The smallest absolute Gasteiger partial charge is 0.00488 e. The van der Waals surface area contributed by atoms with E-state index in [0.29, 0.717) is 10.8 Å². The van der Waals surface area contributed by atoms with E-state index in [2.05, 4.69) is 53.7 Å². The summed E-state index contributed by atoms with van der Waals surface area (Å²) in [5.74, 6) is 0. The van der Waals surface area contributed by atoms with Gasteiger partial charge in [0.15, 0.2) is 0 Å². The number of rotatable bonds is 0. The summed E-state index contributed by atoms with van der Waals surface area (Å²) in [7, 11) is 0. The molecule has 2 rings (SSSR count). The van der Waals surface area contributed by atoms with E-state index in [9.17, 15) is 0 Å². The number of hydrogen-bond acceptors (Lipinski definition) is 0. The Morgan fingerprint density at radius 2 is 1.40 bits per heavy atom. The number of allylic oxidation sites excluding steroid dienone is 4. The van der Waals surface area contributed by atoms with Crippen molar-refractivity contribution >= 4 is 0 Å². The molecule has 0 fully saturated rings. The van der Waals surface area contributed by atoms with E-state index in [-0.39, 0.29) is 5.41 Å². The molecule has 0 heteroatoms. The molecule has 0 atom stereocenters. The quantitative estimate of drug-likeness (QED) is 0.535. The van der Waals surface area contributed by atoms with Crippen molar-refractivity contribution in [3.63, 3.8) is 0 Å². The van der Waals surface area contributed by atoms with Crippen LogP contribution in [0.25, 0.3) is 0 Å². The molecule has 0 spiro atoms. The molecule has 0 amide bonds. The highest BCUT2D eigenvalue weighted by atomic mass is 14.5. The Hall–Kier alpha value is -0.520. The van der Waals surface area contributed by atoms with Crippen molar-refractivity contribution in [2.24, 2.45) is 16.2 Å². The van der Waals surface area contributed by atoms with Gasteiger partial charge in [0.1, 0.15) is 0 Å². The molecule has 0 heterocycles. The Morgan fingerprint density at radius 1 is 0.867 bits per heavy atom. The predicted octanol–water partition coefficient (Wildman–Crippen LogP) is 4.73. The minimum absolute atomic E-state index is 0.274. The summed E-state index contributed by atoms with van der Waals surface area (Å²) in [5, 5.41) is 0. The maximum absolute atomic E-state index is 2.41.